The predicted octanol–water partition coefficient (Wildman–Crippen LogP) is 6.57. The predicted molar refractivity (Wildman–Crippen MR) is 107 cm³/mol. The first-order chi connectivity index (χ1) is 13.3. The second-order valence-corrected chi connectivity index (χ2v) is 7.38. The van der Waals surface area contributed by atoms with Gasteiger partial charge in [0.1, 0.15) is 11.2 Å². The van der Waals surface area contributed by atoms with E-state index in [0.29, 0.717) is 11.5 Å². The summed E-state index contributed by atoms with van der Waals surface area (Å²) in [5.74, 6) is 0.508. The first kappa shape index (κ1) is 16.1. The maximum Gasteiger partial charge on any atom is 0.144 e. The van der Waals surface area contributed by atoms with Crippen LogP contribution in [0.15, 0.2) is 59.1 Å². The number of hydrogen-bond acceptors (Lipinski definition) is 3. The minimum absolute atomic E-state index is 0.508. The fourth-order valence-corrected chi connectivity index (χ4v) is 4.48. The van der Waals surface area contributed by atoms with E-state index in [1.165, 1.54) is 43.1 Å². The molecule has 1 aliphatic carbocycles. The van der Waals surface area contributed by atoms with Gasteiger partial charge in [0.25, 0.3) is 0 Å². The van der Waals surface area contributed by atoms with Crippen molar-refractivity contribution in [2.45, 2.75) is 38.0 Å². The van der Waals surface area contributed by atoms with Gasteiger partial charge < -0.3 is 4.42 Å². The minimum atomic E-state index is 0.508. The van der Waals surface area contributed by atoms with E-state index in [0.717, 1.165) is 27.8 Å². The summed E-state index contributed by atoms with van der Waals surface area (Å²) in [6, 6.07) is 18.5. The zero-order valence-electron chi connectivity index (χ0n) is 15.1. The number of nitriles is 1. The third-order valence-corrected chi connectivity index (χ3v) is 5.74. The Balaban J connectivity index is 1.81. The minimum Gasteiger partial charge on any atom is -0.455 e. The molecule has 1 saturated carbocycles. The number of hydrogen-bond donors (Lipinski definition) is 0. The normalized spacial score (nSPS) is 15.2. The van der Waals surface area contributed by atoms with Gasteiger partial charge in [0, 0.05) is 22.5 Å². The van der Waals surface area contributed by atoms with Gasteiger partial charge in [-0.25, -0.2) is 0 Å². The molecular formula is C24H20N2O. The summed E-state index contributed by atoms with van der Waals surface area (Å²) < 4.78 is 6.32. The summed E-state index contributed by atoms with van der Waals surface area (Å²) in [5.41, 5.74) is 5.54. The molecular weight excluding hydrogens is 332 g/mol. The Labute approximate surface area is 158 Å². The highest BCUT2D eigenvalue weighted by molar-refractivity contribution is 6.11. The molecule has 0 atom stereocenters. The zero-order valence-corrected chi connectivity index (χ0v) is 15.1. The fourth-order valence-electron chi connectivity index (χ4n) is 4.48. The summed E-state index contributed by atoms with van der Waals surface area (Å²) in [5, 5.41) is 11.8. The van der Waals surface area contributed by atoms with E-state index in [-0.39, 0.29) is 0 Å². The Bertz CT molecular complexity index is 1160. The number of rotatable bonds is 2. The van der Waals surface area contributed by atoms with Crippen LogP contribution >= 0.6 is 0 Å². The molecule has 4 aromatic rings. The number of para-hydroxylation sites is 1. The fraction of sp³-hybridized carbons (Fsp3) is 0.250. The highest BCUT2D eigenvalue weighted by Gasteiger charge is 2.23. The van der Waals surface area contributed by atoms with Crippen molar-refractivity contribution in [2.24, 2.45) is 0 Å². The lowest BCUT2D eigenvalue weighted by molar-refractivity contribution is 0.445. The lowest BCUT2D eigenvalue weighted by atomic mass is 9.81. The van der Waals surface area contributed by atoms with Gasteiger partial charge in [0.15, 0.2) is 0 Å². The van der Waals surface area contributed by atoms with Crippen LogP contribution in [0.3, 0.4) is 0 Å². The van der Waals surface area contributed by atoms with E-state index >= 15 is 0 Å². The average Bonchev–Trinajstić information content (AvgIpc) is 3.13. The van der Waals surface area contributed by atoms with Gasteiger partial charge in [0.05, 0.1) is 17.3 Å². The van der Waals surface area contributed by atoms with Crippen LogP contribution in [0, 0.1) is 11.3 Å². The van der Waals surface area contributed by atoms with Crippen LogP contribution < -0.4 is 0 Å². The lowest BCUT2D eigenvalue weighted by Crippen LogP contribution is -2.05. The molecule has 0 N–H and O–H groups in total. The van der Waals surface area contributed by atoms with Crippen LogP contribution in [0.25, 0.3) is 33.2 Å². The van der Waals surface area contributed by atoms with Crippen molar-refractivity contribution in [2.75, 3.05) is 0 Å². The van der Waals surface area contributed by atoms with Gasteiger partial charge in [-0.05, 0) is 54.7 Å². The van der Waals surface area contributed by atoms with Crippen LogP contribution in [0.4, 0.5) is 0 Å². The molecule has 0 bridgehead atoms. The van der Waals surface area contributed by atoms with Crippen molar-refractivity contribution >= 4 is 21.9 Å². The quantitative estimate of drug-likeness (QED) is 0.410. The molecule has 0 aliphatic heterocycles. The summed E-state index contributed by atoms with van der Waals surface area (Å²) in [6.07, 6.45) is 8.02. The van der Waals surface area contributed by atoms with Crippen LogP contribution in [-0.2, 0) is 0 Å². The van der Waals surface area contributed by atoms with Crippen molar-refractivity contribution in [1.82, 2.24) is 4.98 Å². The molecule has 1 fully saturated rings. The van der Waals surface area contributed by atoms with Gasteiger partial charge >= 0.3 is 0 Å². The second kappa shape index (κ2) is 6.55. The Morgan fingerprint density at radius 3 is 2.67 bits per heavy atom. The summed E-state index contributed by atoms with van der Waals surface area (Å²) in [7, 11) is 0. The van der Waals surface area contributed by atoms with Gasteiger partial charge in [0.2, 0.25) is 0 Å². The Morgan fingerprint density at radius 1 is 1.00 bits per heavy atom. The third kappa shape index (κ3) is 2.69. The molecule has 3 heteroatoms. The standard InChI is InChI=1S/C24H20N2O/c25-15-16-13-20(17-7-2-1-3-8-17)23-19-10-6-9-18(21-11-4-5-12-26-21)24(19)27-22(23)14-16/h4-6,9-14,17H,1-3,7-8H2. The van der Waals surface area contributed by atoms with Crippen LogP contribution in [0.5, 0.6) is 0 Å². The van der Waals surface area contributed by atoms with E-state index in [4.69, 9.17) is 4.42 Å². The molecule has 132 valence electrons. The number of aromatic nitrogens is 1. The first-order valence-corrected chi connectivity index (χ1v) is 9.66. The first-order valence-electron chi connectivity index (χ1n) is 9.66. The lowest BCUT2D eigenvalue weighted by Gasteiger charge is -2.22. The van der Waals surface area contributed by atoms with Gasteiger partial charge in [-0.15, -0.1) is 0 Å². The Hall–Kier alpha value is -3.12. The van der Waals surface area contributed by atoms with E-state index in [2.05, 4.69) is 35.3 Å². The van der Waals surface area contributed by atoms with Crippen molar-refractivity contribution in [1.29, 1.82) is 5.26 Å². The van der Waals surface area contributed by atoms with Crippen molar-refractivity contribution in [3.05, 3.63) is 65.9 Å². The maximum atomic E-state index is 9.53. The molecule has 5 rings (SSSR count). The van der Waals surface area contributed by atoms with Gasteiger partial charge in [-0.2, -0.15) is 5.26 Å². The third-order valence-electron chi connectivity index (χ3n) is 5.74. The Kier molecular flexibility index (Phi) is 3.90. The largest absolute Gasteiger partial charge is 0.455 e. The molecule has 0 saturated heterocycles. The summed E-state index contributed by atoms with van der Waals surface area (Å²) >= 11 is 0. The number of fused-ring (bicyclic) bond motifs is 3. The highest BCUT2D eigenvalue weighted by atomic mass is 16.3. The number of nitrogens with zero attached hydrogens (tertiary/aromatic N) is 2. The molecule has 2 aromatic carbocycles. The van der Waals surface area contributed by atoms with Gasteiger partial charge in [-0.1, -0.05) is 37.5 Å². The van der Waals surface area contributed by atoms with E-state index < -0.39 is 0 Å². The highest BCUT2D eigenvalue weighted by Crippen LogP contribution is 2.42. The van der Waals surface area contributed by atoms with Crippen molar-refractivity contribution in [3.63, 3.8) is 0 Å². The van der Waals surface area contributed by atoms with Crippen molar-refractivity contribution in [3.8, 4) is 17.3 Å². The molecule has 1 aliphatic rings. The Morgan fingerprint density at radius 2 is 1.89 bits per heavy atom. The summed E-state index contributed by atoms with van der Waals surface area (Å²) in [4.78, 5) is 4.50. The monoisotopic (exact) mass is 352 g/mol. The molecule has 0 radical (unpaired) electrons. The van der Waals surface area contributed by atoms with Gasteiger partial charge in [-0.3, -0.25) is 4.98 Å². The molecule has 3 nitrogen and oxygen atoms in total. The summed E-state index contributed by atoms with van der Waals surface area (Å²) in [6.45, 7) is 0. The van der Waals surface area contributed by atoms with E-state index in [1.807, 2.05) is 24.3 Å². The van der Waals surface area contributed by atoms with Crippen LogP contribution in [-0.4, -0.2) is 4.98 Å². The second-order valence-electron chi connectivity index (χ2n) is 7.38. The molecule has 0 amide bonds. The topological polar surface area (TPSA) is 49.8 Å². The molecule has 2 aromatic heterocycles. The number of furan rings is 1. The van der Waals surface area contributed by atoms with Crippen molar-refractivity contribution < 1.29 is 4.42 Å². The smallest absolute Gasteiger partial charge is 0.144 e. The molecule has 2 heterocycles. The van der Waals surface area contributed by atoms with E-state index in [1.54, 1.807) is 6.20 Å². The van der Waals surface area contributed by atoms with Crippen LogP contribution in [0.2, 0.25) is 0 Å². The SMILES string of the molecule is N#Cc1cc(C2CCCCC2)c2c(c1)oc1c(-c3ccccn3)cccc12. The number of benzene rings is 2. The number of pyridine rings is 1. The molecule has 0 spiro atoms. The van der Waals surface area contributed by atoms with E-state index in [9.17, 15) is 5.26 Å². The molecule has 0 unspecified atom stereocenters. The average molecular weight is 352 g/mol. The zero-order chi connectivity index (χ0) is 18.2. The maximum absolute atomic E-state index is 9.53. The van der Waals surface area contributed by atoms with Crippen LogP contribution in [0.1, 0.15) is 49.1 Å². The molecule has 27 heavy (non-hydrogen) atoms.